The molecule has 1 aromatic carbocycles. The molecule has 0 saturated carbocycles. The smallest absolute Gasteiger partial charge is 0.304 e. The van der Waals surface area contributed by atoms with Crippen molar-refractivity contribution in [2.75, 3.05) is 12.3 Å². The van der Waals surface area contributed by atoms with Gasteiger partial charge in [0.2, 0.25) is 5.91 Å². The lowest BCUT2D eigenvalue weighted by Crippen LogP contribution is -2.29. The van der Waals surface area contributed by atoms with Crippen LogP contribution in [-0.2, 0) is 9.59 Å². The van der Waals surface area contributed by atoms with Crippen LogP contribution >= 0.6 is 23.4 Å². The number of carboxylic acids is 1. The van der Waals surface area contributed by atoms with Crippen molar-refractivity contribution in [1.29, 1.82) is 0 Å². The van der Waals surface area contributed by atoms with Crippen LogP contribution in [0.4, 0.5) is 0 Å². The quantitative estimate of drug-likeness (QED) is 0.854. The zero-order chi connectivity index (χ0) is 15.9. The van der Waals surface area contributed by atoms with Crippen LogP contribution in [0.15, 0.2) is 34.9 Å². The second-order valence-electron chi connectivity index (χ2n) is 5.02. The largest absolute Gasteiger partial charge is 0.481 e. The standard InChI is InChI=1S/C15H12ClNO4S/c16-10-4-2-1-3-8(10)13(20)12-9(7-11(18)19)14(21)17-5-6-22-15(12)17/h1-4,9H,5-7H2,(H,18,19). The molecule has 5 nitrogen and oxygen atoms in total. The molecule has 1 atom stereocenters. The molecule has 1 saturated heterocycles. The summed E-state index contributed by atoms with van der Waals surface area (Å²) in [6.07, 6.45) is -0.384. The molecule has 2 aliphatic heterocycles. The Kier molecular flexibility index (Phi) is 3.97. The number of carbonyl (C=O) groups excluding carboxylic acids is 2. The molecule has 0 aliphatic carbocycles. The Balaban J connectivity index is 2.06. The van der Waals surface area contributed by atoms with Crippen LogP contribution in [0.25, 0.3) is 0 Å². The molecule has 1 unspecified atom stereocenters. The lowest BCUT2D eigenvalue weighted by molar-refractivity contribution is -0.141. The van der Waals surface area contributed by atoms with E-state index in [1.54, 1.807) is 24.3 Å². The maximum Gasteiger partial charge on any atom is 0.304 e. The second-order valence-corrected chi connectivity index (χ2v) is 6.51. The molecule has 1 fully saturated rings. The minimum atomic E-state index is -1.10. The van der Waals surface area contributed by atoms with Gasteiger partial charge in [0.05, 0.1) is 22.4 Å². The molecule has 0 aromatic heterocycles. The summed E-state index contributed by atoms with van der Waals surface area (Å²) in [7, 11) is 0. The van der Waals surface area contributed by atoms with Gasteiger partial charge >= 0.3 is 5.97 Å². The normalized spacial score (nSPS) is 20.5. The van der Waals surface area contributed by atoms with Gasteiger partial charge in [-0.1, -0.05) is 23.7 Å². The maximum atomic E-state index is 12.8. The van der Waals surface area contributed by atoms with Gasteiger partial charge in [-0.05, 0) is 12.1 Å². The van der Waals surface area contributed by atoms with E-state index in [4.69, 9.17) is 16.7 Å². The number of ketones is 1. The van der Waals surface area contributed by atoms with Crippen LogP contribution in [0.2, 0.25) is 5.02 Å². The first kappa shape index (κ1) is 15.1. The van der Waals surface area contributed by atoms with Crippen molar-refractivity contribution < 1.29 is 19.5 Å². The maximum absolute atomic E-state index is 12.8. The number of halogens is 1. The summed E-state index contributed by atoms with van der Waals surface area (Å²) in [6, 6.07) is 6.58. The SMILES string of the molecule is O=C(O)CC1C(=O)N2CCSC2=C1C(=O)c1ccccc1Cl. The molecular formula is C15H12ClNO4S. The Morgan fingerprint density at radius 3 is 2.77 bits per heavy atom. The van der Waals surface area contributed by atoms with Crippen LogP contribution in [-0.4, -0.2) is 40.0 Å². The third kappa shape index (κ3) is 2.42. The number of fused-ring (bicyclic) bond motifs is 1. The summed E-state index contributed by atoms with van der Waals surface area (Å²) in [5.74, 6) is -1.99. The predicted octanol–water partition coefficient (Wildman–Crippen LogP) is 2.41. The van der Waals surface area contributed by atoms with Gasteiger partial charge in [-0.15, -0.1) is 11.8 Å². The minimum Gasteiger partial charge on any atom is -0.481 e. The Morgan fingerprint density at radius 2 is 2.09 bits per heavy atom. The molecule has 2 heterocycles. The van der Waals surface area contributed by atoms with E-state index >= 15 is 0 Å². The first-order valence-electron chi connectivity index (χ1n) is 6.70. The Hall–Kier alpha value is -1.79. The van der Waals surface area contributed by atoms with Gasteiger partial charge in [0.25, 0.3) is 0 Å². The zero-order valence-electron chi connectivity index (χ0n) is 11.4. The van der Waals surface area contributed by atoms with E-state index in [-0.39, 0.29) is 23.7 Å². The lowest BCUT2D eigenvalue weighted by Gasteiger charge is -2.12. The van der Waals surface area contributed by atoms with E-state index in [0.717, 1.165) is 0 Å². The molecule has 3 rings (SSSR count). The average Bonchev–Trinajstić information content (AvgIpc) is 3.02. The van der Waals surface area contributed by atoms with Crippen LogP contribution in [0, 0.1) is 5.92 Å². The van der Waals surface area contributed by atoms with Crippen molar-refractivity contribution in [3.05, 3.63) is 45.5 Å². The van der Waals surface area contributed by atoms with Gasteiger partial charge in [0, 0.05) is 23.4 Å². The van der Waals surface area contributed by atoms with E-state index < -0.39 is 11.9 Å². The number of amides is 1. The molecule has 22 heavy (non-hydrogen) atoms. The third-order valence-corrected chi connectivity index (χ3v) is 5.11. The van der Waals surface area contributed by atoms with E-state index in [2.05, 4.69) is 0 Å². The number of thioether (sulfide) groups is 1. The second kappa shape index (κ2) is 5.78. The van der Waals surface area contributed by atoms with Crippen LogP contribution in [0.1, 0.15) is 16.8 Å². The fourth-order valence-corrected chi connectivity index (χ4v) is 4.13. The molecule has 0 bridgehead atoms. The van der Waals surface area contributed by atoms with Crippen molar-refractivity contribution in [3.63, 3.8) is 0 Å². The number of Topliss-reactive ketones (excluding diaryl/α,β-unsaturated/α-hetero) is 1. The zero-order valence-corrected chi connectivity index (χ0v) is 13.0. The summed E-state index contributed by atoms with van der Waals surface area (Å²) in [5, 5.41) is 9.92. The van der Waals surface area contributed by atoms with E-state index in [1.807, 2.05) is 0 Å². The average molecular weight is 338 g/mol. The fourth-order valence-electron chi connectivity index (χ4n) is 2.72. The topological polar surface area (TPSA) is 74.7 Å². The highest BCUT2D eigenvalue weighted by Crippen LogP contribution is 2.43. The third-order valence-electron chi connectivity index (χ3n) is 3.68. The Bertz CT molecular complexity index is 715. The van der Waals surface area contributed by atoms with Crippen molar-refractivity contribution in [2.45, 2.75) is 6.42 Å². The van der Waals surface area contributed by atoms with Crippen LogP contribution in [0.5, 0.6) is 0 Å². The van der Waals surface area contributed by atoms with Crippen LogP contribution < -0.4 is 0 Å². The first-order valence-corrected chi connectivity index (χ1v) is 8.06. The number of hydrogen-bond donors (Lipinski definition) is 1. The number of rotatable bonds is 4. The molecule has 1 amide bonds. The molecule has 0 radical (unpaired) electrons. The minimum absolute atomic E-state index is 0.267. The number of carbonyl (C=O) groups is 3. The first-order chi connectivity index (χ1) is 10.5. The predicted molar refractivity (Wildman–Crippen MR) is 82.7 cm³/mol. The number of benzene rings is 1. The number of nitrogens with zero attached hydrogens (tertiary/aromatic N) is 1. The number of carboxylic acid groups (broad SMARTS) is 1. The van der Waals surface area contributed by atoms with E-state index in [1.165, 1.54) is 16.7 Å². The monoisotopic (exact) mass is 337 g/mol. The summed E-state index contributed by atoms with van der Waals surface area (Å²) < 4.78 is 0. The summed E-state index contributed by atoms with van der Waals surface area (Å²) in [5.41, 5.74) is 0.562. The van der Waals surface area contributed by atoms with Crippen molar-refractivity contribution in [2.24, 2.45) is 5.92 Å². The van der Waals surface area contributed by atoms with Gasteiger partial charge in [-0.2, -0.15) is 0 Å². The van der Waals surface area contributed by atoms with Crippen molar-refractivity contribution in [3.8, 4) is 0 Å². The number of hydrogen-bond acceptors (Lipinski definition) is 4. The highest BCUT2D eigenvalue weighted by molar-refractivity contribution is 8.03. The van der Waals surface area contributed by atoms with Crippen molar-refractivity contribution in [1.82, 2.24) is 4.90 Å². The highest BCUT2D eigenvalue weighted by atomic mass is 35.5. The molecule has 1 N–H and O–H groups in total. The van der Waals surface area contributed by atoms with Gasteiger partial charge in [0.15, 0.2) is 5.78 Å². The molecule has 7 heteroatoms. The molecular weight excluding hydrogens is 326 g/mol. The molecule has 114 valence electrons. The molecule has 1 aromatic rings. The Labute approximate surface area is 135 Å². The highest BCUT2D eigenvalue weighted by Gasteiger charge is 2.46. The van der Waals surface area contributed by atoms with E-state index in [9.17, 15) is 14.4 Å². The number of aliphatic carboxylic acids is 1. The van der Waals surface area contributed by atoms with Crippen LogP contribution in [0.3, 0.4) is 0 Å². The van der Waals surface area contributed by atoms with Gasteiger partial charge < -0.3 is 10.0 Å². The van der Waals surface area contributed by atoms with Gasteiger partial charge in [-0.3, -0.25) is 14.4 Å². The lowest BCUT2D eigenvalue weighted by atomic mass is 9.91. The van der Waals surface area contributed by atoms with E-state index in [0.29, 0.717) is 27.9 Å². The summed E-state index contributed by atoms with van der Waals surface area (Å²) in [6.45, 7) is 0.508. The Morgan fingerprint density at radius 1 is 1.36 bits per heavy atom. The van der Waals surface area contributed by atoms with Gasteiger partial charge in [0.1, 0.15) is 0 Å². The molecule has 0 spiro atoms. The summed E-state index contributed by atoms with van der Waals surface area (Å²) in [4.78, 5) is 37.8. The van der Waals surface area contributed by atoms with Gasteiger partial charge in [-0.25, -0.2) is 0 Å². The summed E-state index contributed by atoms with van der Waals surface area (Å²) >= 11 is 7.48. The van der Waals surface area contributed by atoms with Crippen molar-refractivity contribution >= 4 is 41.0 Å². The fraction of sp³-hybridized carbons (Fsp3) is 0.267. The molecule has 2 aliphatic rings.